The van der Waals surface area contributed by atoms with Crippen molar-refractivity contribution in [3.8, 4) is 0 Å². The van der Waals surface area contributed by atoms with Crippen molar-refractivity contribution < 1.29 is 9.59 Å². The van der Waals surface area contributed by atoms with Gasteiger partial charge < -0.3 is 10.6 Å². The SMILES string of the molecule is CC(=O)Nc1n[nH]c(NC(C)=O)c1N=Nc1ccccc1. The largest absolute Gasteiger partial charge is 0.309 e. The number of benzene rings is 1. The van der Waals surface area contributed by atoms with E-state index in [4.69, 9.17) is 0 Å². The van der Waals surface area contributed by atoms with E-state index in [2.05, 4.69) is 31.1 Å². The number of aromatic amines is 1. The van der Waals surface area contributed by atoms with Gasteiger partial charge in [-0.05, 0) is 12.1 Å². The molecule has 0 aliphatic heterocycles. The highest BCUT2D eigenvalue weighted by molar-refractivity contribution is 5.96. The third-order valence-electron chi connectivity index (χ3n) is 2.36. The second-order valence-corrected chi connectivity index (χ2v) is 4.19. The van der Waals surface area contributed by atoms with Crippen LogP contribution in [0.25, 0.3) is 0 Å². The number of anilines is 2. The highest BCUT2D eigenvalue weighted by Crippen LogP contribution is 2.32. The van der Waals surface area contributed by atoms with E-state index < -0.39 is 0 Å². The average Bonchev–Trinajstić information content (AvgIpc) is 2.78. The molecule has 1 aromatic heterocycles. The van der Waals surface area contributed by atoms with E-state index in [0.29, 0.717) is 5.69 Å². The summed E-state index contributed by atoms with van der Waals surface area (Å²) in [7, 11) is 0. The number of hydrogen-bond acceptors (Lipinski definition) is 5. The topological polar surface area (TPSA) is 112 Å². The lowest BCUT2D eigenvalue weighted by Crippen LogP contribution is -2.07. The number of nitrogens with one attached hydrogen (secondary N) is 3. The standard InChI is InChI=1S/C13H14N6O2/c1-8(20)14-12-11(13(19-18-12)15-9(2)21)17-16-10-6-4-3-5-7-10/h3-7H,1-2H3,(H3,14,15,18,19,20,21). The number of H-pyrrole nitrogens is 1. The minimum atomic E-state index is -0.299. The molecule has 8 nitrogen and oxygen atoms in total. The van der Waals surface area contributed by atoms with Crippen molar-refractivity contribution in [1.82, 2.24) is 10.2 Å². The Morgan fingerprint density at radius 1 is 1.05 bits per heavy atom. The molecular formula is C13H14N6O2. The molecule has 0 atom stereocenters. The van der Waals surface area contributed by atoms with Gasteiger partial charge in [0.25, 0.3) is 0 Å². The maximum absolute atomic E-state index is 11.2. The Hall–Kier alpha value is -3.03. The molecule has 2 rings (SSSR count). The van der Waals surface area contributed by atoms with E-state index in [1.54, 1.807) is 12.1 Å². The van der Waals surface area contributed by atoms with Gasteiger partial charge in [0.2, 0.25) is 11.8 Å². The zero-order valence-corrected chi connectivity index (χ0v) is 11.5. The van der Waals surface area contributed by atoms with Gasteiger partial charge in [0.05, 0.1) is 5.69 Å². The van der Waals surface area contributed by atoms with Crippen molar-refractivity contribution in [2.24, 2.45) is 10.2 Å². The predicted molar refractivity (Wildman–Crippen MR) is 77.8 cm³/mol. The van der Waals surface area contributed by atoms with Crippen LogP contribution >= 0.6 is 0 Å². The van der Waals surface area contributed by atoms with Gasteiger partial charge >= 0.3 is 0 Å². The second kappa shape index (κ2) is 6.42. The molecule has 2 aromatic rings. The molecule has 0 aliphatic rings. The molecule has 0 radical (unpaired) electrons. The normalized spacial score (nSPS) is 10.6. The van der Waals surface area contributed by atoms with E-state index in [1.165, 1.54) is 13.8 Å². The Morgan fingerprint density at radius 3 is 2.33 bits per heavy atom. The Morgan fingerprint density at radius 2 is 1.71 bits per heavy atom. The third-order valence-corrected chi connectivity index (χ3v) is 2.36. The molecule has 1 aromatic carbocycles. The van der Waals surface area contributed by atoms with E-state index in [-0.39, 0.29) is 29.1 Å². The summed E-state index contributed by atoms with van der Waals surface area (Å²) in [5, 5.41) is 19.6. The van der Waals surface area contributed by atoms with Crippen molar-refractivity contribution in [2.75, 3.05) is 10.6 Å². The fourth-order valence-electron chi connectivity index (χ4n) is 1.55. The van der Waals surface area contributed by atoms with Crippen molar-refractivity contribution in [1.29, 1.82) is 0 Å². The van der Waals surface area contributed by atoms with Crippen LogP contribution in [0, 0.1) is 0 Å². The summed E-state index contributed by atoms with van der Waals surface area (Å²) in [4.78, 5) is 22.3. The van der Waals surface area contributed by atoms with Gasteiger partial charge in [-0.15, -0.1) is 5.11 Å². The van der Waals surface area contributed by atoms with Gasteiger partial charge in [0, 0.05) is 13.8 Å². The molecular weight excluding hydrogens is 272 g/mol. The van der Waals surface area contributed by atoms with Gasteiger partial charge in [-0.3, -0.25) is 14.7 Å². The summed E-state index contributed by atoms with van der Waals surface area (Å²) < 4.78 is 0. The summed E-state index contributed by atoms with van der Waals surface area (Å²) in [6.45, 7) is 2.71. The minimum absolute atomic E-state index is 0.200. The monoisotopic (exact) mass is 286 g/mol. The van der Waals surface area contributed by atoms with Gasteiger partial charge in [-0.2, -0.15) is 10.2 Å². The highest BCUT2D eigenvalue weighted by atomic mass is 16.2. The summed E-state index contributed by atoms with van der Waals surface area (Å²) in [5.41, 5.74) is 0.894. The summed E-state index contributed by atoms with van der Waals surface area (Å²) in [5.74, 6) is -0.118. The van der Waals surface area contributed by atoms with Crippen molar-refractivity contribution in [3.63, 3.8) is 0 Å². The van der Waals surface area contributed by atoms with E-state index in [1.807, 2.05) is 18.2 Å². The Kier molecular flexibility index (Phi) is 4.39. The first-order valence-electron chi connectivity index (χ1n) is 6.16. The molecule has 0 aliphatic carbocycles. The summed E-state index contributed by atoms with van der Waals surface area (Å²) in [6, 6.07) is 9.07. The van der Waals surface area contributed by atoms with Crippen molar-refractivity contribution >= 4 is 34.8 Å². The van der Waals surface area contributed by atoms with Gasteiger partial charge in [0.1, 0.15) is 0 Å². The summed E-state index contributed by atoms with van der Waals surface area (Å²) >= 11 is 0. The van der Waals surface area contributed by atoms with Crippen LogP contribution in [-0.2, 0) is 9.59 Å². The smallest absolute Gasteiger partial charge is 0.222 e. The van der Waals surface area contributed by atoms with Crippen LogP contribution in [0.1, 0.15) is 13.8 Å². The van der Waals surface area contributed by atoms with Crippen molar-refractivity contribution in [2.45, 2.75) is 13.8 Å². The van der Waals surface area contributed by atoms with Crippen molar-refractivity contribution in [3.05, 3.63) is 30.3 Å². The molecule has 8 heteroatoms. The maximum Gasteiger partial charge on any atom is 0.222 e. The second-order valence-electron chi connectivity index (χ2n) is 4.19. The van der Waals surface area contributed by atoms with Crippen LogP contribution in [0.2, 0.25) is 0 Å². The van der Waals surface area contributed by atoms with Crippen LogP contribution in [0.15, 0.2) is 40.6 Å². The van der Waals surface area contributed by atoms with Gasteiger partial charge in [-0.1, -0.05) is 18.2 Å². The van der Waals surface area contributed by atoms with E-state index in [9.17, 15) is 9.59 Å². The van der Waals surface area contributed by atoms with Crippen LogP contribution in [-0.4, -0.2) is 22.0 Å². The van der Waals surface area contributed by atoms with E-state index >= 15 is 0 Å². The van der Waals surface area contributed by atoms with Crippen LogP contribution in [0.3, 0.4) is 0 Å². The Bertz CT molecular complexity index is 644. The lowest BCUT2D eigenvalue weighted by atomic mass is 10.3. The molecule has 1 heterocycles. The number of hydrogen-bond donors (Lipinski definition) is 3. The van der Waals surface area contributed by atoms with Crippen LogP contribution < -0.4 is 10.6 Å². The zero-order valence-electron chi connectivity index (χ0n) is 11.5. The third kappa shape index (κ3) is 3.96. The highest BCUT2D eigenvalue weighted by Gasteiger charge is 2.15. The first-order chi connectivity index (χ1) is 10.1. The van der Waals surface area contributed by atoms with Gasteiger partial charge in [0.15, 0.2) is 17.3 Å². The quantitative estimate of drug-likeness (QED) is 0.751. The predicted octanol–water partition coefficient (Wildman–Crippen LogP) is 2.74. The maximum atomic E-state index is 11.2. The molecule has 0 saturated heterocycles. The number of amides is 2. The molecule has 3 N–H and O–H groups in total. The number of carbonyl (C=O) groups is 2. The fourth-order valence-corrected chi connectivity index (χ4v) is 1.55. The number of nitrogens with zero attached hydrogens (tertiary/aromatic N) is 3. The minimum Gasteiger partial charge on any atom is -0.309 e. The molecule has 0 bridgehead atoms. The molecule has 0 spiro atoms. The molecule has 108 valence electrons. The first kappa shape index (κ1) is 14.4. The number of rotatable bonds is 4. The average molecular weight is 286 g/mol. The van der Waals surface area contributed by atoms with E-state index in [0.717, 1.165) is 0 Å². The fraction of sp³-hybridized carbons (Fsp3) is 0.154. The Balaban J connectivity index is 2.33. The number of azo groups is 1. The molecule has 2 amide bonds. The summed E-state index contributed by atoms with van der Waals surface area (Å²) in [6.07, 6.45) is 0. The molecule has 0 saturated carbocycles. The zero-order chi connectivity index (χ0) is 15.2. The Labute approximate surface area is 120 Å². The van der Waals surface area contributed by atoms with Gasteiger partial charge in [-0.25, -0.2) is 0 Å². The van der Waals surface area contributed by atoms with Crippen LogP contribution in [0.4, 0.5) is 23.0 Å². The first-order valence-corrected chi connectivity index (χ1v) is 6.16. The van der Waals surface area contributed by atoms with Crippen LogP contribution in [0.5, 0.6) is 0 Å². The molecule has 0 unspecified atom stereocenters. The molecule has 0 fully saturated rings. The number of carbonyl (C=O) groups excluding carboxylic acids is 2. The lowest BCUT2D eigenvalue weighted by Gasteiger charge is -2.00. The lowest BCUT2D eigenvalue weighted by molar-refractivity contribution is -0.115. The molecule has 21 heavy (non-hydrogen) atoms. The number of aromatic nitrogens is 2.